The first-order valence-electron chi connectivity index (χ1n) is 10.6. The molecule has 32 heavy (non-hydrogen) atoms. The van der Waals surface area contributed by atoms with Crippen LogP contribution in [0.5, 0.6) is 0 Å². The van der Waals surface area contributed by atoms with Gasteiger partial charge in [-0.1, -0.05) is 17.7 Å². The van der Waals surface area contributed by atoms with Crippen LogP contribution in [0.2, 0.25) is 5.02 Å². The third-order valence-corrected chi connectivity index (χ3v) is 6.08. The summed E-state index contributed by atoms with van der Waals surface area (Å²) in [6.45, 7) is 1.38. The minimum absolute atomic E-state index is 0.0475. The summed E-state index contributed by atoms with van der Waals surface area (Å²) < 4.78 is 20.9. The molecular weight excluding hydrogens is 439 g/mol. The highest BCUT2D eigenvalue weighted by Gasteiger charge is 2.33. The fourth-order valence-corrected chi connectivity index (χ4v) is 4.02. The van der Waals surface area contributed by atoms with Crippen LogP contribution in [0, 0.1) is 11.7 Å². The number of amides is 2. The van der Waals surface area contributed by atoms with Crippen LogP contribution in [0.4, 0.5) is 4.39 Å². The number of hydrogen-bond donors (Lipinski definition) is 1. The summed E-state index contributed by atoms with van der Waals surface area (Å²) in [5.74, 6) is -1.53. The van der Waals surface area contributed by atoms with Gasteiger partial charge in [0.15, 0.2) is 11.5 Å². The SMILES string of the molecule is COC(=O)CCNC(=O)c1nn(CC2CC2)c2c1CN(C(=O)c1cccc(Cl)c1F)CC2. The van der Waals surface area contributed by atoms with Crippen molar-refractivity contribution in [2.75, 3.05) is 20.2 Å². The largest absolute Gasteiger partial charge is 0.469 e. The van der Waals surface area contributed by atoms with Gasteiger partial charge in [0.05, 0.1) is 30.7 Å². The van der Waals surface area contributed by atoms with Crippen LogP contribution in [0.25, 0.3) is 0 Å². The fourth-order valence-electron chi connectivity index (χ4n) is 3.85. The normalized spacial score (nSPS) is 15.3. The van der Waals surface area contributed by atoms with Gasteiger partial charge in [-0.05, 0) is 30.9 Å². The minimum atomic E-state index is -0.754. The number of benzene rings is 1. The number of ether oxygens (including phenoxy) is 1. The second kappa shape index (κ2) is 9.28. The predicted octanol–water partition coefficient (Wildman–Crippen LogP) is 2.58. The zero-order valence-corrected chi connectivity index (χ0v) is 18.5. The van der Waals surface area contributed by atoms with E-state index in [4.69, 9.17) is 11.6 Å². The first-order chi connectivity index (χ1) is 15.4. The van der Waals surface area contributed by atoms with E-state index in [1.807, 2.05) is 4.68 Å². The van der Waals surface area contributed by atoms with Gasteiger partial charge in [-0.15, -0.1) is 0 Å². The van der Waals surface area contributed by atoms with Gasteiger partial charge in [0.2, 0.25) is 0 Å². The van der Waals surface area contributed by atoms with E-state index in [1.165, 1.54) is 30.2 Å². The van der Waals surface area contributed by atoms with Gasteiger partial charge in [-0.2, -0.15) is 5.10 Å². The molecule has 8 nitrogen and oxygen atoms in total. The Bertz CT molecular complexity index is 1070. The van der Waals surface area contributed by atoms with Crippen LogP contribution in [0.1, 0.15) is 51.4 Å². The van der Waals surface area contributed by atoms with Crippen molar-refractivity contribution in [3.8, 4) is 0 Å². The topological polar surface area (TPSA) is 93.5 Å². The highest BCUT2D eigenvalue weighted by Crippen LogP contribution is 2.33. The Labute approximate surface area is 189 Å². The first-order valence-corrected chi connectivity index (χ1v) is 10.9. The van der Waals surface area contributed by atoms with E-state index >= 15 is 0 Å². The maximum Gasteiger partial charge on any atom is 0.307 e. The van der Waals surface area contributed by atoms with Crippen LogP contribution in [0.15, 0.2) is 18.2 Å². The van der Waals surface area contributed by atoms with Gasteiger partial charge in [0, 0.05) is 37.3 Å². The Kier molecular flexibility index (Phi) is 6.45. The van der Waals surface area contributed by atoms with Crippen molar-refractivity contribution < 1.29 is 23.5 Å². The Morgan fingerprint density at radius 2 is 2.09 bits per heavy atom. The molecule has 2 amide bonds. The van der Waals surface area contributed by atoms with Crippen LogP contribution >= 0.6 is 11.6 Å². The van der Waals surface area contributed by atoms with Gasteiger partial charge in [-0.3, -0.25) is 19.1 Å². The Hall–Kier alpha value is -2.94. The van der Waals surface area contributed by atoms with Crippen molar-refractivity contribution in [3.05, 3.63) is 51.6 Å². The summed E-state index contributed by atoms with van der Waals surface area (Å²) in [6.07, 6.45) is 2.83. The number of carbonyl (C=O) groups excluding carboxylic acids is 3. The molecule has 0 unspecified atom stereocenters. The number of methoxy groups -OCH3 is 1. The van der Waals surface area contributed by atoms with E-state index in [0.717, 1.165) is 25.1 Å². The molecule has 0 bridgehead atoms. The zero-order chi connectivity index (χ0) is 22.8. The molecule has 0 radical (unpaired) electrons. The zero-order valence-electron chi connectivity index (χ0n) is 17.7. The van der Waals surface area contributed by atoms with Crippen LogP contribution in [0.3, 0.4) is 0 Å². The maximum atomic E-state index is 14.4. The van der Waals surface area contributed by atoms with E-state index in [1.54, 1.807) is 0 Å². The van der Waals surface area contributed by atoms with Crippen LogP contribution in [-0.4, -0.2) is 52.7 Å². The molecule has 1 aromatic heterocycles. The van der Waals surface area contributed by atoms with E-state index in [-0.39, 0.29) is 35.8 Å². The molecular formula is C22H24ClFN4O4. The third-order valence-electron chi connectivity index (χ3n) is 5.79. The number of fused-ring (bicyclic) bond motifs is 1. The van der Waals surface area contributed by atoms with E-state index in [0.29, 0.717) is 24.4 Å². The molecule has 1 fully saturated rings. The van der Waals surface area contributed by atoms with Crippen LogP contribution < -0.4 is 5.32 Å². The second-order valence-electron chi connectivity index (χ2n) is 8.06. The van der Waals surface area contributed by atoms with Gasteiger partial charge in [0.25, 0.3) is 11.8 Å². The number of carbonyl (C=O) groups is 3. The first kappa shape index (κ1) is 22.3. The Morgan fingerprint density at radius 3 is 2.81 bits per heavy atom. The summed E-state index contributed by atoms with van der Waals surface area (Å²) in [7, 11) is 1.29. The maximum absolute atomic E-state index is 14.4. The predicted molar refractivity (Wildman–Crippen MR) is 114 cm³/mol. The summed E-state index contributed by atoms with van der Waals surface area (Å²) in [4.78, 5) is 38.6. The fraction of sp³-hybridized carbons (Fsp3) is 0.455. The van der Waals surface area contributed by atoms with Crippen molar-refractivity contribution in [2.45, 2.75) is 38.8 Å². The number of aromatic nitrogens is 2. The Balaban J connectivity index is 1.57. The number of esters is 1. The lowest BCUT2D eigenvalue weighted by atomic mass is 10.0. The molecule has 170 valence electrons. The van der Waals surface area contributed by atoms with Crippen molar-refractivity contribution in [1.82, 2.24) is 20.0 Å². The molecule has 2 heterocycles. The monoisotopic (exact) mass is 462 g/mol. The smallest absolute Gasteiger partial charge is 0.307 e. The van der Waals surface area contributed by atoms with E-state index < -0.39 is 23.6 Å². The highest BCUT2D eigenvalue weighted by molar-refractivity contribution is 6.31. The average molecular weight is 463 g/mol. The lowest BCUT2D eigenvalue weighted by Gasteiger charge is -2.28. The van der Waals surface area contributed by atoms with Crippen molar-refractivity contribution in [1.29, 1.82) is 0 Å². The quantitative estimate of drug-likeness (QED) is 0.638. The summed E-state index contributed by atoms with van der Waals surface area (Å²) in [5.41, 5.74) is 1.71. The highest BCUT2D eigenvalue weighted by atomic mass is 35.5. The van der Waals surface area contributed by atoms with E-state index in [2.05, 4.69) is 15.2 Å². The summed E-state index contributed by atoms with van der Waals surface area (Å²) in [5, 5.41) is 7.12. The van der Waals surface area contributed by atoms with Crippen LogP contribution in [-0.2, 0) is 29.0 Å². The number of nitrogens with zero attached hydrogens (tertiary/aromatic N) is 3. The lowest BCUT2D eigenvalue weighted by Crippen LogP contribution is -2.37. The summed E-state index contributed by atoms with van der Waals surface area (Å²) >= 11 is 5.84. The number of halogens is 2. The molecule has 10 heteroatoms. The number of rotatable bonds is 7. The standard InChI is InChI=1S/C22H24ClFN4O4/c1-32-18(29)7-9-25-21(30)20-15-12-27(22(31)14-3-2-4-16(23)19(14)24)10-8-17(15)28(26-20)11-13-5-6-13/h2-4,13H,5-12H2,1H3,(H,25,30). The van der Waals surface area contributed by atoms with Crippen molar-refractivity contribution in [3.63, 3.8) is 0 Å². The molecule has 2 aromatic rings. The molecule has 1 saturated carbocycles. The molecule has 0 spiro atoms. The molecule has 1 N–H and O–H groups in total. The van der Waals surface area contributed by atoms with Gasteiger partial charge < -0.3 is 15.0 Å². The minimum Gasteiger partial charge on any atom is -0.469 e. The van der Waals surface area contributed by atoms with Gasteiger partial charge >= 0.3 is 5.97 Å². The average Bonchev–Trinajstić information content (AvgIpc) is 3.54. The Morgan fingerprint density at radius 1 is 1.31 bits per heavy atom. The third kappa shape index (κ3) is 4.62. The van der Waals surface area contributed by atoms with E-state index in [9.17, 15) is 18.8 Å². The molecule has 0 atom stereocenters. The molecule has 2 aliphatic rings. The number of hydrogen-bond acceptors (Lipinski definition) is 5. The second-order valence-corrected chi connectivity index (χ2v) is 8.47. The van der Waals surface area contributed by atoms with Gasteiger partial charge in [0.1, 0.15) is 0 Å². The summed E-state index contributed by atoms with van der Waals surface area (Å²) in [6, 6.07) is 4.32. The molecule has 0 saturated heterocycles. The van der Waals surface area contributed by atoms with Gasteiger partial charge in [-0.25, -0.2) is 4.39 Å². The van der Waals surface area contributed by atoms with Crippen molar-refractivity contribution >= 4 is 29.4 Å². The lowest BCUT2D eigenvalue weighted by molar-refractivity contribution is -0.140. The molecule has 4 rings (SSSR count). The molecule has 1 aliphatic heterocycles. The number of nitrogens with one attached hydrogen (secondary N) is 1. The van der Waals surface area contributed by atoms with Crippen molar-refractivity contribution in [2.24, 2.45) is 5.92 Å². The molecule has 1 aliphatic carbocycles. The molecule has 1 aromatic carbocycles.